The molecule has 0 bridgehead atoms. The average Bonchev–Trinajstić information content (AvgIpc) is 2.85. The Balaban J connectivity index is 1.75. The highest BCUT2D eigenvalue weighted by atomic mass is 15.1. The maximum atomic E-state index is 4.41. The second-order valence-corrected chi connectivity index (χ2v) is 5.69. The van der Waals surface area contributed by atoms with Crippen molar-refractivity contribution in [3.8, 4) is 0 Å². The van der Waals surface area contributed by atoms with Crippen LogP contribution < -0.4 is 5.32 Å². The molecule has 1 atom stereocenters. The van der Waals surface area contributed by atoms with Crippen molar-refractivity contribution >= 4 is 0 Å². The Morgan fingerprint density at radius 3 is 2.95 bits per heavy atom. The molecule has 0 amide bonds. The number of nitrogens with one attached hydrogen (secondary N) is 1. The summed E-state index contributed by atoms with van der Waals surface area (Å²) in [5, 5.41) is 3.36. The molecule has 19 heavy (non-hydrogen) atoms. The van der Waals surface area contributed by atoms with E-state index in [0.29, 0.717) is 12.0 Å². The summed E-state index contributed by atoms with van der Waals surface area (Å²) in [4.78, 5) is 4.41. The maximum absolute atomic E-state index is 4.41. The van der Waals surface area contributed by atoms with Crippen molar-refractivity contribution in [2.24, 2.45) is 0 Å². The topological polar surface area (TPSA) is 29.9 Å². The van der Waals surface area contributed by atoms with Crippen molar-refractivity contribution in [2.45, 2.75) is 31.2 Å². The highest BCUT2D eigenvalue weighted by Crippen LogP contribution is 2.35. The van der Waals surface area contributed by atoms with Gasteiger partial charge in [-0.3, -0.25) is 0 Å². The molecule has 0 spiro atoms. The fourth-order valence-corrected chi connectivity index (χ4v) is 3.41. The summed E-state index contributed by atoms with van der Waals surface area (Å²) in [5.41, 5.74) is 4.42. The monoisotopic (exact) mass is 253 g/mol. The van der Waals surface area contributed by atoms with E-state index in [1.807, 2.05) is 6.33 Å². The normalized spacial score (nSPS) is 22.8. The van der Waals surface area contributed by atoms with E-state index in [1.165, 1.54) is 36.1 Å². The molecule has 3 heteroatoms. The van der Waals surface area contributed by atoms with Crippen molar-refractivity contribution < 1.29 is 0 Å². The zero-order valence-corrected chi connectivity index (χ0v) is 11.0. The van der Waals surface area contributed by atoms with Gasteiger partial charge in [0, 0.05) is 30.9 Å². The summed E-state index contributed by atoms with van der Waals surface area (Å²) in [7, 11) is 0. The Morgan fingerprint density at radius 2 is 2.11 bits per heavy atom. The molecule has 1 aliphatic heterocycles. The summed E-state index contributed by atoms with van der Waals surface area (Å²) >= 11 is 0. The van der Waals surface area contributed by atoms with Crippen LogP contribution in [0.25, 0.3) is 0 Å². The van der Waals surface area contributed by atoms with Gasteiger partial charge in [0.1, 0.15) is 0 Å². The van der Waals surface area contributed by atoms with Crippen LogP contribution in [0.4, 0.5) is 0 Å². The fraction of sp³-hybridized carbons (Fsp3) is 0.438. The van der Waals surface area contributed by atoms with Gasteiger partial charge in [0.05, 0.1) is 12.4 Å². The van der Waals surface area contributed by atoms with E-state index < -0.39 is 0 Å². The molecule has 1 aliphatic carbocycles. The van der Waals surface area contributed by atoms with Gasteiger partial charge >= 0.3 is 0 Å². The smallest absolute Gasteiger partial charge is 0.0954 e. The number of hydrogen-bond acceptors (Lipinski definition) is 2. The summed E-state index contributed by atoms with van der Waals surface area (Å²) in [6.07, 6.45) is 7.83. The maximum Gasteiger partial charge on any atom is 0.0954 e. The second-order valence-electron chi connectivity index (χ2n) is 5.69. The minimum Gasteiger partial charge on any atom is -0.327 e. The largest absolute Gasteiger partial charge is 0.327 e. The quantitative estimate of drug-likeness (QED) is 0.891. The molecule has 1 saturated heterocycles. The van der Waals surface area contributed by atoms with E-state index in [9.17, 15) is 0 Å². The SMILES string of the molecule is c1ccc2c(c1)CCCC2n1cncc1C1CNC1. The molecular formula is C16H19N3. The Kier molecular flexibility index (Phi) is 2.66. The first-order chi connectivity index (χ1) is 9.43. The third-order valence-electron chi connectivity index (χ3n) is 4.57. The zero-order valence-electron chi connectivity index (χ0n) is 11.0. The first kappa shape index (κ1) is 11.2. The molecule has 1 fully saturated rings. The molecule has 1 aromatic heterocycles. The third kappa shape index (κ3) is 1.80. The van der Waals surface area contributed by atoms with Crippen LogP contribution in [0.5, 0.6) is 0 Å². The predicted molar refractivity (Wildman–Crippen MR) is 75.4 cm³/mol. The number of aryl methyl sites for hydroxylation is 1. The van der Waals surface area contributed by atoms with Crippen LogP contribution in [-0.4, -0.2) is 22.6 Å². The molecule has 1 aromatic carbocycles. The van der Waals surface area contributed by atoms with Crippen LogP contribution >= 0.6 is 0 Å². The summed E-state index contributed by atoms with van der Waals surface area (Å²) in [5.74, 6) is 0.650. The Labute approximate surface area is 113 Å². The van der Waals surface area contributed by atoms with Crippen molar-refractivity contribution in [1.29, 1.82) is 0 Å². The summed E-state index contributed by atoms with van der Waals surface area (Å²) in [6.45, 7) is 2.19. The van der Waals surface area contributed by atoms with Gasteiger partial charge in [-0.15, -0.1) is 0 Å². The lowest BCUT2D eigenvalue weighted by Crippen LogP contribution is -2.41. The first-order valence-electron chi connectivity index (χ1n) is 7.24. The minimum atomic E-state index is 0.489. The van der Waals surface area contributed by atoms with E-state index in [1.54, 1.807) is 0 Å². The fourth-order valence-electron chi connectivity index (χ4n) is 3.41. The number of rotatable bonds is 2. The third-order valence-corrected chi connectivity index (χ3v) is 4.57. The van der Waals surface area contributed by atoms with E-state index in [-0.39, 0.29) is 0 Å². The predicted octanol–water partition coefficient (Wildman–Crippen LogP) is 2.50. The van der Waals surface area contributed by atoms with Crippen LogP contribution in [0.3, 0.4) is 0 Å². The number of hydrogen-bond donors (Lipinski definition) is 1. The van der Waals surface area contributed by atoms with Crippen LogP contribution in [0, 0.1) is 0 Å². The second kappa shape index (κ2) is 4.49. The molecule has 1 N–H and O–H groups in total. The van der Waals surface area contributed by atoms with Crippen LogP contribution in [-0.2, 0) is 6.42 Å². The highest BCUT2D eigenvalue weighted by Gasteiger charge is 2.27. The number of benzene rings is 1. The lowest BCUT2D eigenvalue weighted by Gasteiger charge is -2.33. The molecule has 3 nitrogen and oxygen atoms in total. The van der Waals surface area contributed by atoms with Gasteiger partial charge in [0.25, 0.3) is 0 Å². The minimum absolute atomic E-state index is 0.489. The lowest BCUT2D eigenvalue weighted by molar-refractivity contribution is 0.400. The first-order valence-corrected chi connectivity index (χ1v) is 7.24. The van der Waals surface area contributed by atoms with E-state index >= 15 is 0 Å². The van der Waals surface area contributed by atoms with Crippen LogP contribution in [0.15, 0.2) is 36.8 Å². The average molecular weight is 253 g/mol. The van der Waals surface area contributed by atoms with E-state index in [2.05, 4.69) is 45.3 Å². The molecule has 1 unspecified atom stereocenters. The van der Waals surface area contributed by atoms with Crippen molar-refractivity contribution in [2.75, 3.05) is 13.1 Å². The molecule has 0 radical (unpaired) electrons. The van der Waals surface area contributed by atoms with Gasteiger partial charge in [-0.2, -0.15) is 0 Å². The molecular weight excluding hydrogens is 234 g/mol. The lowest BCUT2D eigenvalue weighted by atomic mass is 9.87. The van der Waals surface area contributed by atoms with Gasteiger partial charge in [-0.25, -0.2) is 4.98 Å². The number of imidazole rings is 1. The standard InChI is InChI=1S/C16H19N3/c1-2-6-14-12(4-1)5-3-7-15(14)19-11-18-10-16(19)13-8-17-9-13/h1-2,4,6,10-11,13,15,17H,3,5,7-9H2. The van der Waals surface area contributed by atoms with E-state index in [4.69, 9.17) is 0 Å². The number of aromatic nitrogens is 2. The van der Waals surface area contributed by atoms with E-state index in [0.717, 1.165) is 13.1 Å². The summed E-state index contributed by atoms with van der Waals surface area (Å²) in [6, 6.07) is 9.39. The van der Waals surface area contributed by atoms with Crippen molar-refractivity contribution in [3.05, 3.63) is 53.6 Å². The van der Waals surface area contributed by atoms with Crippen LogP contribution in [0.1, 0.15) is 41.6 Å². The molecule has 98 valence electrons. The highest BCUT2D eigenvalue weighted by molar-refractivity contribution is 5.33. The molecule has 2 aromatic rings. The van der Waals surface area contributed by atoms with Gasteiger partial charge in [0.15, 0.2) is 0 Å². The van der Waals surface area contributed by atoms with Gasteiger partial charge in [-0.05, 0) is 30.4 Å². The molecule has 2 heterocycles. The van der Waals surface area contributed by atoms with Gasteiger partial charge in [0.2, 0.25) is 0 Å². The zero-order chi connectivity index (χ0) is 12.7. The van der Waals surface area contributed by atoms with Crippen molar-refractivity contribution in [3.63, 3.8) is 0 Å². The summed E-state index contributed by atoms with van der Waals surface area (Å²) < 4.78 is 2.42. The Morgan fingerprint density at radius 1 is 1.21 bits per heavy atom. The van der Waals surface area contributed by atoms with Crippen molar-refractivity contribution in [1.82, 2.24) is 14.9 Å². The molecule has 0 saturated carbocycles. The molecule has 2 aliphatic rings. The number of nitrogens with zero attached hydrogens (tertiary/aromatic N) is 2. The van der Waals surface area contributed by atoms with Crippen LogP contribution in [0.2, 0.25) is 0 Å². The van der Waals surface area contributed by atoms with Gasteiger partial charge < -0.3 is 9.88 Å². The Bertz CT molecular complexity index is 583. The van der Waals surface area contributed by atoms with Gasteiger partial charge in [-0.1, -0.05) is 24.3 Å². The Hall–Kier alpha value is -1.61. The molecule has 4 rings (SSSR count). The number of fused-ring (bicyclic) bond motifs is 1.